The standard InChI is InChI=1S/C24H36NO2/c1-7-23(19-9-13-21(26-6)14-10-19)24(8-2)20-11-15-22(16-12-20)27-18-17-25(3,4)5/h9-16,23-24H,7-8,17-18H2,1-6H3/q+1/t23-,24+/m0/s1. The van der Waals surface area contributed by atoms with Crippen molar-refractivity contribution in [1.29, 1.82) is 0 Å². The molecule has 0 aliphatic heterocycles. The van der Waals surface area contributed by atoms with Gasteiger partial charge in [-0.15, -0.1) is 0 Å². The molecule has 2 aromatic carbocycles. The summed E-state index contributed by atoms with van der Waals surface area (Å²) < 4.78 is 12.1. The number of quaternary nitrogens is 1. The highest BCUT2D eigenvalue weighted by Gasteiger charge is 2.22. The summed E-state index contributed by atoms with van der Waals surface area (Å²) in [7, 11) is 8.26. The quantitative estimate of drug-likeness (QED) is 0.517. The minimum atomic E-state index is 0.503. The number of benzene rings is 2. The number of nitrogens with zero attached hydrogens (tertiary/aromatic N) is 1. The highest BCUT2D eigenvalue weighted by Crippen LogP contribution is 2.38. The van der Waals surface area contributed by atoms with E-state index in [1.807, 2.05) is 0 Å². The molecule has 0 unspecified atom stereocenters. The molecule has 0 heterocycles. The van der Waals surface area contributed by atoms with Crippen molar-refractivity contribution in [3.8, 4) is 11.5 Å². The van der Waals surface area contributed by atoms with E-state index < -0.39 is 0 Å². The van der Waals surface area contributed by atoms with Crippen molar-refractivity contribution in [3.05, 3.63) is 59.7 Å². The molecular weight excluding hydrogens is 334 g/mol. The number of likely N-dealkylation sites (N-methyl/N-ethyl adjacent to an activating group) is 1. The average Bonchev–Trinajstić information content (AvgIpc) is 2.66. The van der Waals surface area contributed by atoms with Crippen LogP contribution in [0.25, 0.3) is 0 Å². The van der Waals surface area contributed by atoms with Crippen molar-refractivity contribution in [2.24, 2.45) is 0 Å². The van der Waals surface area contributed by atoms with E-state index in [1.165, 1.54) is 11.1 Å². The first-order valence-corrected chi connectivity index (χ1v) is 10.0. The van der Waals surface area contributed by atoms with Gasteiger partial charge in [0.2, 0.25) is 0 Å². The lowest BCUT2D eigenvalue weighted by Gasteiger charge is -2.27. The zero-order chi connectivity index (χ0) is 19.9. The Bertz CT molecular complexity index is 671. The van der Waals surface area contributed by atoms with Crippen LogP contribution in [0.1, 0.15) is 49.7 Å². The topological polar surface area (TPSA) is 18.5 Å². The van der Waals surface area contributed by atoms with Crippen LogP contribution in [0.5, 0.6) is 11.5 Å². The summed E-state index contributed by atoms with van der Waals surface area (Å²) in [4.78, 5) is 0. The third-order valence-corrected chi connectivity index (χ3v) is 5.25. The van der Waals surface area contributed by atoms with Gasteiger partial charge in [0.05, 0.1) is 28.3 Å². The highest BCUT2D eigenvalue weighted by molar-refractivity contribution is 5.35. The molecule has 3 nitrogen and oxygen atoms in total. The minimum Gasteiger partial charge on any atom is -0.497 e. The number of rotatable bonds is 10. The molecule has 0 amide bonds. The van der Waals surface area contributed by atoms with Crippen molar-refractivity contribution in [2.75, 3.05) is 41.4 Å². The van der Waals surface area contributed by atoms with E-state index in [9.17, 15) is 0 Å². The third kappa shape index (κ3) is 6.28. The molecule has 0 aliphatic carbocycles. The summed E-state index contributed by atoms with van der Waals surface area (Å²) in [6, 6.07) is 17.3. The Morgan fingerprint density at radius 1 is 0.741 bits per heavy atom. The summed E-state index contributed by atoms with van der Waals surface area (Å²) in [5.41, 5.74) is 2.77. The molecule has 0 aromatic heterocycles. The van der Waals surface area contributed by atoms with E-state index in [4.69, 9.17) is 9.47 Å². The zero-order valence-electron chi connectivity index (χ0n) is 17.9. The Balaban J connectivity index is 2.10. The van der Waals surface area contributed by atoms with Crippen molar-refractivity contribution in [1.82, 2.24) is 0 Å². The lowest BCUT2D eigenvalue weighted by molar-refractivity contribution is -0.870. The van der Waals surface area contributed by atoms with E-state index in [0.717, 1.165) is 42.0 Å². The first kappa shape index (κ1) is 21.3. The Hall–Kier alpha value is -2.00. The Labute approximate surface area is 165 Å². The third-order valence-electron chi connectivity index (χ3n) is 5.25. The van der Waals surface area contributed by atoms with E-state index >= 15 is 0 Å². The summed E-state index contributed by atoms with van der Waals surface area (Å²) in [5.74, 6) is 2.88. The lowest BCUT2D eigenvalue weighted by Crippen LogP contribution is -2.38. The molecule has 0 fully saturated rings. The second-order valence-corrected chi connectivity index (χ2v) is 8.23. The first-order chi connectivity index (χ1) is 12.9. The SMILES string of the molecule is CC[C@H](c1ccc(OCC[N+](C)(C)C)cc1)[C@@H](CC)c1ccc(OC)cc1. The fourth-order valence-corrected chi connectivity index (χ4v) is 3.60. The Morgan fingerprint density at radius 3 is 1.56 bits per heavy atom. The molecule has 0 radical (unpaired) electrons. The molecule has 0 saturated heterocycles. The van der Waals surface area contributed by atoms with Gasteiger partial charge >= 0.3 is 0 Å². The van der Waals surface area contributed by atoms with Gasteiger partial charge < -0.3 is 14.0 Å². The van der Waals surface area contributed by atoms with E-state index in [0.29, 0.717) is 11.8 Å². The van der Waals surface area contributed by atoms with Crippen LogP contribution in [0.2, 0.25) is 0 Å². The number of hydrogen-bond acceptors (Lipinski definition) is 2. The van der Waals surface area contributed by atoms with Gasteiger partial charge in [-0.25, -0.2) is 0 Å². The Morgan fingerprint density at radius 2 is 1.19 bits per heavy atom. The second kappa shape index (κ2) is 9.80. The molecule has 2 aromatic rings. The van der Waals surface area contributed by atoms with Crippen LogP contribution in [-0.2, 0) is 0 Å². The maximum Gasteiger partial charge on any atom is 0.137 e. The zero-order valence-corrected chi connectivity index (χ0v) is 17.9. The van der Waals surface area contributed by atoms with Gasteiger partial charge in [-0.3, -0.25) is 0 Å². The summed E-state index contributed by atoms with van der Waals surface area (Å²) in [5, 5.41) is 0. The van der Waals surface area contributed by atoms with Gasteiger partial charge in [-0.1, -0.05) is 38.1 Å². The fourth-order valence-electron chi connectivity index (χ4n) is 3.60. The number of hydrogen-bond donors (Lipinski definition) is 0. The van der Waals surface area contributed by atoms with Crippen LogP contribution < -0.4 is 9.47 Å². The van der Waals surface area contributed by atoms with Gasteiger partial charge in [0.25, 0.3) is 0 Å². The highest BCUT2D eigenvalue weighted by atomic mass is 16.5. The van der Waals surface area contributed by atoms with Crippen LogP contribution in [0.15, 0.2) is 48.5 Å². The average molecular weight is 371 g/mol. The first-order valence-electron chi connectivity index (χ1n) is 10.0. The van der Waals surface area contributed by atoms with Crippen LogP contribution >= 0.6 is 0 Å². The van der Waals surface area contributed by atoms with Crippen molar-refractivity contribution >= 4 is 0 Å². The molecular formula is C24H36NO2+. The smallest absolute Gasteiger partial charge is 0.137 e. The molecule has 0 aliphatic rings. The Kier molecular flexibility index (Phi) is 7.73. The normalized spacial score (nSPS) is 13.9. The monoisotopic (exact) mass is 370 g/mol. The predicted molar refractivity (Wildman–Crippen MR) is 114 cm³/mol. The number of ether oxygens (including phenoxy) is 2. The van der Waals surface area contributed by atoms with E-state index in [2.05, 4.69) is 83.5 Å². The lowest BCUT2D eigenvalue weighted by atomic mass is 9.78. The maximum absolute atomic E-state index is 5.92. The van der Waals surface area contributed by atoms with Crippen LogP contribution in [0, 0.1) is 0 Å². The molecule has 2 rings (SSSR count). The molecule has 0 spiro atoms. The molecule has 148 valence electrons. The van der Waals surface area contributed by atoms with Gasteiger partial charge in [0.1, 0.15) is 24.7 Å². The van der Waals surface area contributed by atoms with Crippen LogP contribution in [0.4, 0.5) is 0 Å². The van der Waals surface area contributed by atoms with Crippen molar-refractivity contribution < 1.29 is 14.0 Å². The number of methoxy groups -OCH3 is 1. The van der Waals surface area contributed by atoms with Gasteiger partial charge in [0.15, 0.2) is 0 Å². The van der Waals surface area contributed by atoms with Crippen LogP contribution in [0.3, 0.4) is 0 Å². The van der Waals surface area contributed by atoms with Gasteiger partial charge in [-0.05, 0) is 60.1 Å². The molecule has 0 saturated carbocycles. The summed E-state index contributed by atoms with van der Waals surface area (Å²) in [6.45, 7) is 6.29. The molecule has 0 bridgehead atoms. The fraction of sp³-hybridized carbons (Fsp3) is 0.500. The predicted octanol–water partition coefficient (Wildman–Crippen LogP) is 5.47. The van der Waals surface area contributed by atoms with Crippen molar-refractivity contribution in [2.45, 2.75) is 38.5 Å². The van der Waals surface area contributed by atoms with Crippen molar-refractivity contribution in [3.63, 3.8) is 0 Å². The summed E-state index contributed by atoms with van der Waals surface area (Å²) in [6.07, 6.45) is 2.23. The van der Waals surface area contributed by atoms with E-state index in [1.54, 1.807) is 7.11 Å². The second-order valence-electron chi connectivity index (χ2n) is 8.23. The summed E-state index contributed by atoms with van der Waals surface area (Å²) >= 11 is 0. The maximum atomic E-state index is 5.92. The molecule has 27 heavy (non-hydrogen) atoms. The molecule has 2 atom stereocenters. The molecule has 3 heteroatoms. The van der Waals surface area contributed by atoms with E-state index in [-0.39, 0.29) is 0 Å². The van der Waals surface area contributed by atoms with Crippen LogP contribution in [-0.4, -0.2) is 45.9 Å². The minimum absolute atomic E-state index is 0.503. The van der Waals surface area contributed by atoms with Gasteiger partial charge in [0, 0.05) is 0 Å². The van der Waals surface area contributed by atoms with Gasteiger partial charge in [-0.2, -0.15) is 0 Å². The molecule has 0 N–H and O–H groups in total. The largest absolute Gasteiger partial charge is 0.497 e.